The Morgan fingerprint density at radius 1 is 1.00 bits per heavy atom. The summed E-state index contributed by atoms with van der Waals surface area (Å²) < 4.78 is 5.84. The fourth-order valence-corrected chi connectivity index (χ4v) is 4.95. The Morgan fingerprint density at radius 2 is 1.70 bits per heavy atom. The number of benzene rings is 2. The van der Waals surface area contributed by atoms with E-state index < -0.39 is 0 Å². The van der Waals surface area contributed by atoms with Gasteiger partial charge in [0.15, 0.2) is 0 Å². The number of carbonyl (C=O) groups excluding carboxylic acids is 2. The molecular formula is C24H21ClN2O3. The number of hydrazone groups is 1. The van der Waals surface area contributed by atoms with Crippen molar-refractivity contribution in [2.24, 2.45) is 28.8 Å². The van der Waals surface area contributed by atoms with Crippen LogP contribution in [0.5, 0.6) is 5.75 Å². The van der Waals surface area contributed by atoms with E-state index in [0.717, 1.165) is 29.0 Å². The van der Waals surface area contributed by atoms with E-state index in [0.29, 0.717) is 17.4 Å². The smallest absolute Gasteiger partial charge is 0.254 e. The normalized spacial score (nSPS) is 27.2. The first-order valence-electron chi connectivity index (χ1n) is 10.2. The van der Waals surface area contributed by atoms with Gasteiger partial charge in [0.05, 0.1) is 18.1 Å². The van der Waals surface area contributed by atoms with Crippen LogP contribution in [-0.4, -0.2) is 23.0 Å². The number of ether oxygens (including phenoxy) is 1. The molecule has 0 N–H and O–H groups in total. The molecule has 5 nitrogen and oxygen atoms in total. The zero-order valence-corrected chi connectivity index (χ0v) is 17.0. The predicted molar refractivity (Wildman–Crippen MR) is 114 cm³/mol. The van der Waals surface area contributed by atoms with Crippen molar-refractivity contribution in [3.05, 3.63) is 76.8 Å². The molecular weight excluding hydrogens is 400 g/mol. The summed E-state index contributed by atoms with van der Waals surface area (Å²) in [6.07, 6.45) is 7.71. The first kappa shape index (κ1) is 19.1. The van der Waals surface area contributed by atoms with Gasteiger partial charge in [0, 0.05) is 10.6 Å². The first-order valence-corrected chi connectivity index (χ1v) is 10.6. The summed E-state index contributed by atoms with van der Waals surface area (Å²) in [6.45, 7) is 0.350. The Labute approximate surface area is 180 Å². The van der Waals surface area contributed by atoms with E-state index in [1.54, 1.807) is 6.21 Å². The molecule has 30 heavy (non-hydrogen) atoms. The lowest BCUT2D eigenvalue weighted by atomic mass is 9.63. The average molecular weight is 421 g/mol. The minimum Gasteiger partial charge on any atom is -0.489 e. The van der Waals surface area contributed by atoms with Gasteiger partial charge in [0.25, 0.3) is 11.8 Å². The molecule has 2 aromatic rings. The van der Waals surface area contributed by atoms with Gasteiger partial charge in [-0.15, -0.1) is 0 Å². The molecule has 1 aliphatic heterocycles. The number of carbonyl (C=O) groups is 2. The van der Waals surface area contributed by atoms with E-state index in [4.69, 9.17) is 16.3 Å². The van der Waals surface area contributed by atoms with Crippen molar-refractivity contribution in [2.45, 2.75) is 19.4 Å². The van der Waals surface area contributed by atoms with Gasteiger partial charge in [-0.1, -0.05) is 54.1 Å². The quantitative estimate of drug-likeness (QED) is 0.408. The van der Waals surface area contributed by atoms with Crippen LogP contribution >= 0.6 is 11.6 Å². The van der Waals surface area contributed by atoms with Crippen molar-refractivity contribution in [2.75, 3.05) is 0 Å². The van der Waals surface area contributed by atoms with Crippen molar-refractivity contribution in [1.82, 2.24) is 5.01 Å². The standard InChI is InChI=1S/C24H21ClN2O3/c25-20-7-2-1-5-18(20)14-30-19-6-3-4-15(12-19)13-26-27-23(28)21-16-8-9-17(11-10-16)22(21)24(27)29/h1-9,12-13,16-17,21-22H,10-11,14H2/b26-13-/t16-,17-,21+,22+/m0/s1. The highest BCUT2D eigenvalue weighted by Gasteiger charge is 2.56. The molecule has 4 aliphatic rings. The van der Waals surface area contributed by atoms with E-state index in [1.807, 2.05) is 48.5 Å². The van der Waals surface area contributed by atoms with Gasteiger partial charge in [-0.2, -0.15) is 10.1 Å². The van der Waals surface area contributed by atoms with Gasteiger partial charge in [0.2, 0.25) is 0 Å². The third-order valence-corrected chi connectivity index (χ3v) is 6.64. The first-order chi connectivity index (χ1) is 14.6. The summed E-state index contributed by atoms with van der Waals surface area (Å²) in [5.41, 5.74) is 1.65. The van der Waals surface area contributed by atoms with E-state index >= 15 is 0 Å². The van der Waals surface area contributed by atoms with Gasteiger partial charge in [-0.3, -0.25) is 9.59 Å². The Hall–Kier alpha value is -2.92. The second-order valence-electron chi connectivity index (χ2n) is 8.03. The molecule has 6 rings (SSSR count). The van der Waals surface area contributed by atoms with Gasteiger partial charge in [-0.25, -0.2) is 0 Å². The molecule has 3 aliphatic carbocycles. The maximum absolute atomic E-state index is 12.8. The van der Waals surface area contributed by atoms with E-state index in [9.17, 15) is 9.59 Å². The Balaban J connectivity index is 1.29. The van der Waals surface area contributed by atoms with Crippen LogP contribution in [0.1, 0.15) is 24.0 Å². The van der Waals surface area contributed by atoms with Crippen LogP contribution in [-0.2, 0) is 16.2 Å². The van der Waals surface area contributed by atoms with Crippen LogP contribution < -0.4 is 4.74 Å². The lowest BCUT2D eigenvalue weighted by Gasteiger charge is -2.37. The fourth-order valence-electron chi connectivity index (χ4n) is 4.76. The second kappa shape index (κ2) is 7.73. The summed E-state index contributed by atoms with van der Waals surface area (Å²) >= 11 is 6.17. The number of fused-ring (bicyclic) bond motifs is 1. The van der Waals surface area contributed by atoms with Crippen LogP contribution in [0, 0.1) is 23.7 Å². The molecule has 2 aromatic carbocycles. The molecule has 2 fully saturated rings. The summed E-state index contributed by atoms with van der Waals surface area (Å²) in [6, 6.07) is 14.9. The number of hydrogen-bond donors (Lipinski definition) is 0. The molecule has 1 saturated carbocycles. The fraction of sp³-hybridized carbons (Fsp3) is 0.292. The zero-order valence-electron chi connectivity index (χ0n) is 16.3. The van der Waals surface area contributed by atoms with Gasteiger partial charge in [-0.05, 0) is 48.4 Å². The number of amides is 2. The topological polar surface area (TPSA) is 59.0 Å². The van der Waals surface area contributed by atoms with E-state index in [1.165, 1.54) is 0 Å². The lowest BCUT2D eigenvalue weighted by Crippen LogP contribution is -2.38. The van der Waals surface area contributed by atoms with Crippen LogP contribution in [0.4, 0.5) is 0 Å². The number of rotatable bonds is 5. The van der Waals surface area contributed by atoms with E-state index in [2.05, 4.69) is 17.3 Å². The zero-order chi connectivity index (χ0) is 20.7. The minimum atomic E-state index is -0.247. The average Bonchev–Trinajstić information content (AvgIpc) is 3.05. The predicted octanol–water partition coefficient (Wildman–Crippen LogP) is 4.45. The second-order valence-corrected chi connectivity index (χ2v) is 8.43. The molecule has 6 heteroatoms. The SMILES string of the molecule is O=C1[C@H]2[C@H](C(=O)N1/N=C\c1cccc(OCc3ccccc3Cl)c1)[C@H]1C=C[C@H]2CC1. The molecule has 0 radical (unpaired) electrons. The lowest BCUT2D eigenvalue weighted by molar-refractivity contribution is -0.140. The highest BCUT2D eigenvalue weighted by atomic mass is 35.5. The molecule has 0 aromatic heterocycles. The van der Waals surface area contributed by atoms with Crippen molar-refractivity contribution in [3.8, 4) is 5.75 Å². The van der Waals surface area contributed by atoms with Gasteiger partial charge >= 0.3 is 0 Å². The van der Waals surface area contributed by atoms with Crippen LogP contribution in [0.2, 0.25) is 5.02 Å². The van der Waals surface area contributed by atoms with Crippen molar-refractivity contribution in [3.63, 3.8) is 0 Å². The van der Waals surface area contributed by atoms with E-state index in [-0.39, 0.29) is 35.5 Å². The molecule has 1 saturated heterocycles. The molecule has 2 amide bonds. The number of hydrogen-bond acceptors (Lipinski definition) is 4. The largest absolute Gasteiger partial charge is 0.489 e. The highest BCUT2D eigenvalue weighted by Crippen LogP contribution is 2.49. The van der Waals surface area contributed by atoms with Crippen LogP contribution in [0.15, 0.2) is 65.8 Å². The molecule has 1 heterocycles. The van der Waals surface area contributed by atoms with Gasteiger partial charge in [0.1, 0.15) is 12.4 Å². The van der Waals surface area contributed by atoms with Crippen molar-refractivity contribution >= 4 is 29.6 Å². The summed E-state index contributed by atoms with van der Waals surface area (Å²) in [5, 5.41) is 5.99. The summed E-state index contributed by atoms with van der Waals surface area (Å²) in [5.74, 6) is 0.149. The summed E-state index contributed by atoms with van der Waals surface area (Å²) in [4.78, 5) is 25.7. The Bertz CT molecular complexity index is 1030. The molecule has 0 spiro atoms. The number of imide groups is 1. The van der Waals surface area contributed by atoms with Gasteiger partial charge < -0.3 is 4.74 Å². The Morgan fingerprint density at radius 3 is 2.37 bits per heavy atom. The maximum Gasteiger partial charge on any atom is 0.254 e. The number of halogens is 1. The Kier molecular flexibility index (Phi) is 4.91. The highest BCUT2D eigenvalue weighted by molar-refractivity contribution is 6.31. The van der Waals surface area contributed by atoms with Crippen LogP contribution in [0.25, 0.3) is 0 Å². The van der Waals surface area contributed by atoms with Crippen molar-refractivity contribution in [1.29, 1.82) is 0 Å². The number of nitrogens with zero attached hydrogens (tertiary/aromatic N) is 2. The van der Waals surface area contributed by atoms with Crippen LogP contribution in [0.3, 0.4) is 0 Å². The third-order valence-electron chi connectivity index (χ3n) is 6.27. The minimum absolute atomic E-state index is 0.165. The molecule has 152 valence electrons. The molecule has 0 unspecified atom stereocenters. The maximum atomic E-state index is 12.8. The molecule has 4 atom stereocenters. The third kappa shape index (κ3) is 3.33. The number of allylic oxidation sites excluding steroid dienone is 2. The summed E-state index contributed by atoms with van der Waals surface area (Å²) in [7, 11) is 0. The molecule has 2 bridgehead atoms. The van der Waals surface area contributed by atoms with Crippen molar-refractivity contribution < 1.29 is 14.3 Å². The monoisotopic (exact) mass is 420 g/mol.